The van der Waals surface area contributed by atoms with Crippen molar-refractivity contribution in [2.24, 2.45) is 0 Å². The molecule has 0 aliphatic carbocycles. The van der Waals surface area contributed by atoms with Gasteiger partial charge in [-0.25, -0.2) is 0 Å². The van der Waals surface area contributed by atoms with Crippen molar-refractivity contribution in [1.29, 1.82) is 0 Å². The largest absolute Gasteiger partial charge is 0.505 e. The number of phenols is 2. The Morgan fingerprint density at radius 3 is 1.81 bits per heavy atom. The molecule has 2 aromatic carbocycles. The highest BCUT2D eigenvalue weighted by Gasteiger charge is 2.22. The number of hydrogen-bond acceptors (Lipinski definition) is 3. The van der Waals surface area contributed by atoms with Crippen molar-refractivity contribution in [2.75, 3.05) is 0 Å². The van der Waals surface area contributed by atoms with Gasteiger partial charge in [-0.1, -0.05) is 81.4 Å². The predicted molar refractivity (Wildman–Crippen MR) is 90.4 cm³/mol. The zero-order valence-corrected chi connectivity index (χ0v) is 15.1. The molecule has 0 heterocycles. The van der Waals surface area contributed by atoms with E-state index in [0.717, 1.165) is 11.8 Å². The van der Waals surface area contributed by atoms with Gasteiger partial charge in [0.25, 0.3) is 0 Å². The van der Waals surface area contributed by atoms with Gasteiger partial charge in [0.05, 0.1) is 20.0 Å². The van der Waals surface area contributed by atoms with E-state index in [4.69, 9.17) is 69.6 Å². The summed E-state index contributed by atoms with van der Waals surface area (Å²) in [4.78, 5) is 0.574. The van der Waals surface area contributed by atoms with Gasteiger partial charge in [0, 0.05) is 4.90 Å². The molecule has 0 fully saturated rings. The fraction of sp³-hybridized carbons (Fsp3) is 0. The highest BCUT2D eigenvalue weighted by atomic mass is 35.5. The first-order valence-corrected chi connectivity index (χ1v) is 8.23. The Morgan fingerprint density at radius 2 is 1.19 bits per heavy atom. The standard InChI is InChI=1S/C12H4Cl6O2S/c13-3-1-5(15)6(2-4(3)14)21-12-9(18)10(19)7(16)8(17)11(12)20/h1-2,19-20H. The van der Waals surface area contributed by atoms with E-state index in [2.05, 4.69) is 0 Å². The third kappa shape index (κ3) is 3.40. The van der Waals surface area contributed by atoms with E-state index in [0.29, 0.717) is 14.9 Å². The summed E-state index contributed by atoms with van der Waals surface area (Å²) in [6.07, 6.45) is 0. The summed E-state index contributed by atoms with van der Waals surface area (Å²) < 4.78 is 0. The summed E-state index contributed by atoms with van der Waals surface area (Å²) >= 11 is 36.3. The maximum absolute atomic E-state index is 10.0. The van der Waals surface area contributed by atoms with Gasteiger partial charge in [0.1, 0.15) is 15.1 Å². The number of halogens is 6. The zero-order chi connectivity index (χ0) is 15.9. The van der Waals surface area contributed by atoms with Crippen molar-refractivity contribution in [2.45, 2.75) is 9.79 Å². The van der Waals surface area contributed by atoms with Crippen LogP contribution in [0.2, 0.25) is 30.1 Å². The minimum atomic E-state index is -0.431. The number of phenolic OH excluding ortho intramolecular Hbond substituents is 2. The van der Waals surface area contributed by atoms with Gasteiger partial charge in [-0.3, -0.25) is 0 Å². The van der Waals surface area contributed by atoms with E-state index in [-0.39, 0.29) is 30.7 Å². The molecule has 0 bridgehead atoms. The second-order valence-corrected chi connectivity index (χ2v) is 7.17. The van der Waals surface area contributed by atoms with Crippen LogP contribution in [0.5, 0.6) is 11.5 Å². The lowest BCUT2D eigenvalue weighted by Crippen LogP contribution is -1.84. The minimum Gasteiger partial charge on any atom is -0.505 e. The molecule has 0 spiro atoms. The first-order valence-electron chi connectivity index (χ1n) is 5.14. The van der Waals surface area contributed by atoms with E-state index >= 15 is 0 Å². The van der Waals surface area contributed by atoms with Crippen molar-refractivity contribution in [3.8, 4) is 11.5 Å². The van der Waals surface area contributed by atoms with E-state index in [9.17, 15) is 10.2 Å². The van der Waals surface area contributed by atoms with Crippen molar-refractivity contribution in [3.63, 3.8) is 0 Å². The molecule has 0 saturated carbocycles. The topological polar surface area (TPSA) is 40.5 Å². The Hall–Kier alpha value is 0.130. The van der Waals surface area contributed by atoms with Crippen LogP contribution in [0.4, 0.5) is 0 Å². The van der Waals surface area contributed by atoms with E-state index < -0.39 is 5.75 Å². The molecule has 0 aromatic heterocycles. The molecule has 2 N–H and O–H groups in total. The van der Waals surface area contributed by atoms with Crippen LogP contribution >= 0.6 is 81.4 Å². The van der Waals surface area contributed by atoms with Crippen LogP contribution in [0.25, 0.3) is 0 Å². The molecule has 0 aliphatic heterocycles. The molecule has 2 rings (SSSR count). The summed E-state index contributed by atoms with van der Waals surface area (Å²) in [5.41, 5.74) is 0. The summed E-state index contributed by atoms with van der Waals surface area (Å²) in [5, 5.41) is 20.1. The first-order chi connectivity index (χ1) is 9.73. The smallest absolute Gasteiger partial charge is 0.155 e. The Balaban J connectivity index is 2.58. The SMILES string of the molecule is Oc1c(Cl)c(Cl)c(O)c(Sc2cc(Cl)c(Cl)cc2Cl)c1Cl. The average Bonchev–Trinajstić information content (AvgIpc) is 2.44. The summed E-state index contributed by atoms with van der Waals surface area (Å²) in [6, 6.07) is 2.96. The molecule has 0 unspecified atom stereocenters. The monoisotopic (exact) mass is 422 g/mol. The Labute approximate surface area is 154 Å². The highest BCUT2D eigenvalue weighted by molar-refractivity contribution is 7.99. The number of rotatable bonds is 2. The number of benzene rings is 2. The predicted octanol–water partition coefficient (Wildman–Crippen LogP) is 7.17. The zero-order valence-electron chi connectivity index (χ0n) is 9.73. The van der Waals surface area contributed by atoms with Gasteiger partial charge < -0.3 is 10.2 Å². The van der Waals surface area contributed by atoms with E-state index in [1.165, 1.54) is 12.1 Å². The Morgan fingerprint density at radius 1 is 0.667 bits per heavy atom. The van der Waals surface area contributed by atoms with Gasteiger partial charge in [0.15, 0.2) is 11.5 Å². The van der Waals surface area contributed by atoms with Crippen LogP contribution in [0.15, 0.2) is 21.9 Å². The lowest BCUT2D eigenvalue weighted by molar-refractivity contribution is 0.449. The fourth-order valence-corrected chi connectivity index (χ4v) is 3.84. The van der Waals surface area contributed by atoms with Crippen molar-refractivity contribution in [1.82, 2.24) is 0 Å². The van der Waals surface area contributed by atoms with Gasteiger partial charge in [0.2, 0.25) is 0 Å². The van der Waals surface area contributed by atoms with Crippen molar-refractivity contribution >= 4 is 81.4 Å². The minimum absolute atomic E-state index is 0.101. The normalized spacial score (nSPS) is 11.0. The van der Waals surface area contributed by atoms with Crippen LogP contribution in [0.3, 0.4) is 0 Å². The van der Waals surface area contributed by atoms with Crippen molar-refractivity contribution < 1.29 is 10.2 Å². The third-order valence-corrected chi connectivity index (χ3v) is 6.04. The molecular formula is C12H4Cl6O2S. The van der Waals surface area contributed by atoms with Crippen LogP contribution in [-0.2, 0) is 0 Å². The molecule has 21 heavy (non-hydrogen) atoms. The molecule has 0 atom stereocenters. The average molecular weight is 425 g/mol. The van der Waals surface area contributed by atoms with Gasteiger partial charge in [-0.2, -0.15) is 0 Å². The van der Waals surface area contributed by atoms with Crippen LogP contribution < -0.4 is 0 Å². The van der Waals surface area contributed by atoms with Crippen LogP contribution in [0, 0.1) is 0 Å². The highest BCUT2D eigenvalue weighted by Crippen LogP contribution is 2.53. The Bertz CT molecular complexity index is 705. The Kier molecular flexibility index (Phi) is 5.59. The molecular weight excluding hydrogens is 421 g/mol. The lowest BCUT2D eigenvalue weighted by atomic mass is 10.3. The fourth-order valence-electron chi connectivity index (χ4n) is 1.40. The second-order valence-electron chi connectivity index (χ2n) is 3.77. The van der Waals surface area contributed by atoms with E-state index in [1.807, 2.05) is 0 Å². The number of aromatic hydroxyl groups is 2. The first kappa shape index (κ1) is 17.5. The molecule has 2 aromatic rings. The molecule has 0 aliphatic rings. The molecule has 2 nitrogen and oxygen atoms in total. The third-order valence-electron chi connectivity index (χ3n) is 2.42. The van der Waals surface area contributed by atoms with E-state index in [1.54, 1.807) is 0 Å². The quantitative estimate of drug-likeness (QED) is 0.396. The summed E-state index contributed by atoms with van der Waals surface area (Å²) in [5.74, 6) is -0.795. The van der Waals surface area contributed by atoms with Gasteiger partial charge >= 0.3 is 0 Å². The number of hydrogen-bond donors (Lipinski definition) is 2. The van der Waals surface area contributed by atoms with Gasteiger partial charge in [-0.05, 0) is 12.1 Å². The lowest BCUT2D eigenvalue weighted by Gasteiger charge is -2.13. The molecule has 9 heteroatoms. The van der Waals surface area contributed by atoms with Crippen molar-refractivity contribution in [3.05, 3.63) is 42.3 Å². The van der Waals surface area contributed by atoms with Crippen LogP contribution in [-0.4, -0.2) is 10.2 Å². The molecule has 112 valence electrons. The van der Waals surface area contributed by atoms with Gasteiger partial charge in [-0.15, -0.1) is 0 Å². The maximum Gasteiger partial charge on any atom is 0.155 e. The maximum atomic E-state index is 10.0. The van der Waals surface area contributed by atoms with Crippen LogP contribution in [0.1, 0.15) is 0 Å². The summed E-state index contributed by atoms with van der Waals surface area (Å²) in [7, 11) is 0. The summed E-state index contributed by atoms with van der Waals surface area (Å²) in [6.45, 7) is 0. The molecule has 0 amide bonds. The molecule has 0 radical (unpaired) electrons. The second kappa shape index (κ2) is 6.71. The molecule has 0 saturated heterocycles.